The molecule has 1 saturated heterocycles. The molecular weight excluding hydrogens is 262 g/mol. The zero-order valence-electron chi connectivity index (χ0n) is 10.9. The van der Waals surface area contributed by atoms with Gasteiger partial charge < -0.3 is 10.2 Å². The Morgan fingerprint density at radius 1 is 1.47 bits per heavy atom. The third kappa shape index (κ3) is 2.25. The number of carbonyl (C=O) groups excluding carboxylic acids is 2. The second kappa shape index (κ2) is 4.92. The number of aromatic nitrogens is 1. The van der Waals surface area contributed by atoms with Crippen LogP contribution >= 0.6 is 11.3 Å². The van der Waals surface area contributed by atoms with Gasteiger partial charge in [-0.2, -0.15) is 0 Å². The van der Waals surface area contributed by atoms with E-state index in [0.717, 1.165) is 31.4 Å². The molecule has 0 unspecified atom stereocenters. The van der Waals surface area contributed by atoms with Crippen LogP contribution in [0, 0.1) is 6.92 Å². The maximum atomic E-state index is 12.6. The van der Waals surface area contributed by atoms with E-state index in [1.165, 1.54) is 11.3 Å². The summed E-state index contributed by atoms with van der Waals surface area (Å²) in [6.07, 6.45) is 4.21. The molecule has 0 radical (unpaired) electrons. The summed E-state index contributed by atoms with van der Waals surface area (Å²) in [5, 5.41) is 3.02. The van der Waals surface area contributed by atoms with Gasteiger partial charge >= 0.3 is 0 Å². The van der Waals surface area contributed by atoms with Crippen molar-refractivity contribution in [1.29, 1.82) is 0 Å². The molecule has 2 heterocycles. The van der Waals surface area contributed by atoms with Crippen molar-refractivity contribution in [1.82, 2.24) is 15.2 Å². The van der Waals surface area contributed by atoms with Crippen LogP contribution in [0.15, 0.2) is 5.51 Å². The van der Waals surface area contributed by atoms with Gasteiger partial charge in [0.25, 0.3) is 5.91 Å². The van der Waals surface area contributed by atoms with Gasteiger partial charge in [0, 0.05) is 6.04 Å². The Labute approximate surface area is 116 Å². The first kappa shape index (κ1) is 12.6. The Hall–Kier alpha value is -1.43. The molecule has 0 aromatic carbocycles. The van der Waals surface area contributed by atoms with Gasteiger partial charge in [0.05, 0.1) is 17.2 Å². The number of carbonyl (C=O) groups is 2. The molecule has 1 aliphatic carbocycles. The van der Waals surface area contributed by atoms with Crippen molar-refractivity contribution in [3.8, 4) is 0 Å². The van der Waals surface area contributed by atoms with Gasteiger partial charge in [0.15, 0.2) is 0 Å². The van der Waals surface area contributed by atoms with E-state index in [1.807, 2.05) is 6.92 Å². The van der Waals surface area contributed by atoms with Crippen LogP contribution in [-0.2, 0) is 4.79 Å². The van der Waals surface area contributed by atoms with E-state index >= 15 is 0 Å². The molecule has 2 aliphatic rings. The number of rotatable bonds is 1. The molecule has 0 bridgehead atoms. The minimum absolute atomic E-state index is 0.0354. The number of aryl methyl sites for hydroxylation is 1. The number of fused-ring (bicyclic) bond motifs is 1. The molecule has 19 heavy (non-hydrogen) atoms. The van der Waals surface area contributed by atoms with Crippen molar-refractivity contribution < 1.29 is 9.59 Å². The van der Waals surface area contributed by atoms with Crippen molar-refractivity contribution in [2.24, 2.45) is 0 Å². The summed E-state index contributed by atoms with van der Waals surface area (Å²) in [4.78, 5) is 30.9. The van der Waals surface area contributed by atoms with E-state index in [2.05, 4.69) is 10.3 Å². The van der Waals surface area contributed by atoms with Gasteiger partial charge in [0.1, 0.15) is 11.4 Å². The average molecular weight is 279 g/mol. The van der Waals surface area contributed by atoms with Gasteiger partial charge in [-0.05, 0) is 19.8 Å². The molecule has 6 heteroatoms. The van der Waals surface area contributed by atoms with Crippen molar-refractivity contribution in [3.05, 3.63) is 16.1 Å². The van der Waals surface area contributed by atoms with Crippen molar-refractivity contribution >= 4 is 23.2 Å². The summed E-state index contributed by atoms with van der Waals surface area (Å²) >= 11 is 1.36. The predicted octanol–water partition coefficient (Wildman–Crippen LogP) is 1.33. The lowest BCUT2D eigenvalue weighted by atomic mass is 9.87. The van der Waals surface area contributed by atoms with E-state index < -0.39 is 0 Å². The Morgan fingerprint density at radius 2 is 2.26 bits per heavy atom. The monoisotopic (exact) mass is 279 g/mol. The summed E-state index contributed by atoms with van der Waals surface area (Å²) < 4.78 is 0. The van der Waals surface area contributed by atoms with Crippen LogP contribution in [0.25, 0.3) is 0 Å². The number of amides is 2. The Balaban J connectivity index is 1.87. The zero-order valence-corrected chi connectivity index (χ0v) is 11.7. The van der Waals surface area contributed by atoms with Crippen LogP contribution in [0.3, 0.4) is 0 Å². The lowest BCUT2D eigenvalue weighted by Crippen LogP contribution is -2.62. The van der Waals surface area contributed by atoms with Gasteiger partial charge in [-0.1, -0.05) is 12.8 Å². The van der Waals surface area contributed by atoms with Crippen LogP contribution in [0.1, 0.15) is 41.0 Å². The Bertz CT molecular complexity index is 514. The summed E-state index contributed by atoms with van der Waals surface area (Å²) in [5.41, 5.74) is 2.44. The van der Waals surface area contributed by atoms with Gasteiger partial charge in [-0.25, -0.2) is 4.98 Å². The molecule has 1 aromatic rings. The molecule has 3 rings (SSSR count). The third-order valence-corrected chi connectivity index (χ3v) is 4.91. The second-order valence-corrected chi connectivity index (χ2v) is 6.08. The molecule has 1 aromatic heterocycles. The molecule has 1 N–H and O–H groups in total. The molecule has 2 amide bonds. The topological polar surface area (TPSA) is 62.3 Å². The van der Waals surface area contributed by atoms with Crippen molar-refractivity contribution in [2.45, 2.75) is 44.7 Å². The van der Waals surface area contributed by atoms with E-state index in [4.69, 9.17) is 0 Å². The standard InChI is InChI=1S/C13H17N3O2S/c1-8-12(19-7-14-8)13(18)16-6-11(17)15-9-4-2-3-5-10(9)16/h7,9-10H,2-6H2,1H3,(H,15,17)/t9-,10+/m1/s1. The Kier molecular flexibility index (Phi) is 3.26. The molecule has 2 fully saturated rings. The predicted molar refractivity (Wildman–Crippen MR) is 72.1 cm³/mol. The normalized spacial score (nSPS) is 26.8. The van der Waals surface area contributed by atoms with E-state index in [-0.39, 0.29) is 30.4 Å². The maximum Gasteiger partial charge on any atom is 0.266 e. The maximum absolute atomic E-state index is 12.6. The average Bonchev–Trinajstić information content (AvgIpc) is 2.83. The zero-order chi connectivity index (χ0) is 13.4. The minimum Gasteiger partial charge on any atom is -0.350 e. The van der Waals surface area contributed by atoms with Gasteiger partial charge in [-0.15, -0.1) is 11.3 Å². The Morgan fingerprint density at radius 3 is 3.00 bits per heavy atom. The van der Waals surface area contributed by atoms with Crippen LogP contribution in [0.2, 0.25) is 0 Å². The van der Waals surface area contributed by atoms with E-state index in [1.54, 1.807) is 10.4 Å². The summed E-state index contributed by atoms with van der Waals surface area (Å²) in [5.74, 6) is -0.0783. The first-order chi connectivity index (χ1) is 9.16. The molecule has 1 saturated carbocycles. The smallest absolute Gasteiger partial charge is 0.266 e. The molecule has 1 aliphatic heterocycles. The highest BCUT2D eigenvalue weighted by Gasteiger charge is 2.39. The molecule has 102 valence electrons. The SMILES string of the molecule is Cc1ncsc1C(=O)N1CC(=O)N[C@@H]2CCCC[C@@H]21. The van der Waals surface area contributed by atoms with Crippen molar-refractivity contribution in [3.63, 3.8) is 0 Å². The number of hydrogen-bond donors (Lipinski definition) is 1. The minimum atomic E-state index is -0.0429. The van der Waals surface area contributed by atoms with E-state index in [9.17, 15) is 9.59 Å². The lowest BCUT2D eigenvalue weighted by Gasteiger charge is -2.43. The quantitative estimate of drug-likeness (QED) is 0.843. The van der Waals surface area contributed by atoms with Crippen LogP contribution in [0.5, 0.6) is 0 Å². The van der Waals surface area contributed by atoms with E-state index in [0.29, 0.717) is 4.88 Å². The number of nitrogens with zero attached hydrogens (tertiary/aromatic N) is 2. The summed E-state index contributed by atoms with van der Waals surface area (Å²) in [6.45, 7) is 2.02. The number of nitrogens with one attached hydrogen (secondary N) is 1. The highest BCUT2D eigenvalue weighted by atomic mass is 32.1. The fraction of sp³-hybridized carbons (Fsp3) is 0.615. The molecule has 2 atom stereocenters. The fourth-order valence-electron chi connectivity index (χ4n) is 3.04. The lowest BCUT2D eigenvalue weighted by molar-refractivity contribution is -0.127. The molecule has 0 spiro atoms. The summed E-state index contributed by atoms with van der Waals surface area (Å²) in [6, 6.07) is 0.285. The highest BCUT2D eigenvalue weighted by Crippen LogP contribution is 2.28. The molecular formula is C13H17N3O2S. The largest absolute Gasteiger partial charge is 0.350 e. The third-order valence-electron chi connectivity index (χ3n) is 3.99. The van der Waals surface area contributed by atoms with Crippen LogP contribution in [-0.4, -0.2) is 40.3 Å². The highest BCUT2D eigenvalue weighted by molar-refractivity contribution is 7.11. The van der Waals surface area contributed by atoms with Gasteiger partial charge in [-0.3, -0.25) is 9.59 Å². The molecule has 5 nitrogen and oxygen atoms in total. The fourth-order valence-corrected chi connectivity index (χ4v) is 3.79. The first-order valence-electron chi connectivity index (χ1n) is 6.67. The second-order valence-electron chi connectivity index (χ2n) is 5.23. The number of hydrogen-bond acceptors (Lipinski definition) is 4. The van der Waals surface area contributed by atoms with Crippen LogP contribution < -0.4 is 5.32 Å². The summed E-state index contributed by atoms with van der Waals surface area (Å²) in [7, 11) is 0. The number of thiazole rings is 1. The van der Waals surface area contributed by atoms with Crippen LogP contribution in [0.4, 0.5) is 0 Å². The van der Waals surface area contributed by atoms with Crippen molar-refractivity contribution in [2.75, 3.05) is 6.54 Å². The number of piperazine rings is 1. The van der Waals surface area contributed by atoms with Gasteiger partial charge in [0.2, 0.25) is 5.91 Å². The first-order valence-corrected chi connectivity index (χ1v) is 7.55.